The van der Waals surface area contributed by atoms with Crippen molar-refractivity contribution in [1.82, 2.24) is 9.97 Å². The molecule has 2 aromatic rings. The van der Waals surface area contributed by atoms with Crippen LogP contribution < -0.4 is 0 Å². The maximum Gasteiger partial charge on any atom is 0.356 e. The molecule has 2 rings (SSSR count). The molecule has 0 aliphatic carbocycles. The summed E-state index contributed by atoms with van der Waals surface area (Å²) in [5.41, 5.74) is 1.79. The molecule has 0 fully saturated rings. The van der Waals surface area contributed by atoms with Crippen molar-refractivity contribution in [3.63, 3.8) is 0 Å². The van der Waals surface area contributed by atoms with Crippen LogP contribution in [0.25, 0.3) is 11.4 Å². The number of halogens is 1. The minimum Gasteiger partial charge on any atom is -0.476 e. The molecule has 0 saturated carbocycles. The third-order valence-electron chi connectivity index (χ3n) is 2.78. The summed E-state index contributed by atoms with van der Waals surface area (Å²) in [5.74, 6) is -0.362. The molecule has 0 amide bonds. The van der Waals surface area contributed by atoms with E-state index in [1.165, 1.54) is 11.8 Å². The molecule has 0 spiro atoms. The molecule has 1 heterocycles. The fraction of sp³-hybridized carbons (Fsp3) is 0.214. The Morgan fingerprint density at radius 1 is 1.26 bits per heavy atom. The highest BCUT2D eigenvalue weighted by molar-refractivity contribution is 6.33. The zero-order valence-electron chi connectivity index (χ0n) is 10.6. The number of nitrogens with zero attached hydrogens (tertiary/aromatic N) is 2. The second kappa shape index (κ2) is 5.36. The van der Waals surface area contributed by atoms with E-state index in [1.807, 2.05) is 24.3 Å². The van der Waals surface area contributed by atoms with E-state index in [-0.39, 0.29) is 10.7 Å². The lowest BCUT2D eigenvalue weighted by atomic mass is 10.0. The molecule has 0 unspecified atom stereocenters. The van der Waals surface area contributed by atoms with Gasteiger partial charge in [-0.15, -0.1) is 0 Å². The minimum absolute atomic E-state index is 0.0371. The first-order valence-corrected chi connectivity index (χ1v) is 6.23. The summed E-state index contributed by atoms with van der Waals surface area (Å²) in [5, 5.41) is 9.02. The molecule has 1 N–H and O–H groups in total. The van der Waals surface area contributed by atoms with Gasteiger partial charge in [0.2, 0.25) is 0 Å². The molecule has 0 saturated heterocycles. The number of aromatic carboxylic acids is 1. The molecule has 19 heavy (non-hydrogen) atoms. The SMILES string of the molecule is CC(C)c1ccc(-c2ncc(Cl)c(C(=O)O)n2)cc1. The third kappa shape index (κ3) is 2.90. The maximum absolute atomic E-state index is 11.0. The van der Waals surface area contributed by atoms with Gasteiger partial charge in [0.05, 0.1) is 11.2 Å². The second-order valence-electron chi connectivity index (χ2n) is 4.47. The molecule has 1 aromatic heterocycles. The van der Waals surface area contributed by atoms with E-state index in [0.717, 1.165) is 5.56 Å². The number of rotatable bonds is 3. The molecular formula is C14H13ClN2O2. The Kier molecular flexibility index (Phi) is 3.81. The maximum atomic E-state index is 11.0. The van der Waals surface area contributed by atoms with Gasteiger partial charge in [-0.1, -0.05) is 49.7 Å². The van der Waals surface area contributed by atoms with Crippen LogP contribution in [-0.2, 0) is 0 Å². The monoisotopic (exact) mass is 276 g/mol. The topological polar surface area (TPSA) is 63.1 Å². The van der Waals surface area contributed by atoms with Crippen molar-refractivity contribution < 1.29 is 9.90 Å². The van der Waals surface area contributed by atoms with Crippen molar-refractivity contribution in [3.8, 4) is 11.4 Å². The number of hydrogen-bond donors (Lipinski definition) is 1. The molecule has 1 aromatic carbocycles. The molecular weight excluding hydrogens is 264 g/mol. The largest absolute Gasteiger partial charge is 0.476 e. The first-order valence-electron chi connectivity index (χ1n) is 5.85. The van der Waals surface area contributed by atoms with Crippen LogP contribution in [0.4, 0.5) is 0 Å². The van der Waals surface area contributed by atoms with Crippen molar-refractivity contribution in [2.45, 2.75) is 19.8 Å². The Hall–Kier alpha value is -1.94. The smallest absolute Gasteiger partial charge is 0.356 e. The molecule has 98 valence electrons. The predicted molar refractivity (Wildman–Crippen MR) is 73.5 cm³/mol. The Labute approximate surface area is 116 Å². The highest BCUT2D eigenvalue weighted by Gasteiger charge is 2.13. The molecule has 0 atom stereocenters. The third-order valence-corrected chi connectivity index (χ3v) is 3.06. The van der Waals surface area contributed by atoms with Gasteiger partial charge < -0.3 is 5.11 Å². The Morgan fingerprint density at radius 3 is 2.42 bits per heavy atom. The molecule has 0 bridgehead atoms. The molecule has 5 heteroatoms. The number of benzene rings is 1. The van der Waals surface area contributed by atoms with E-state index < -0.39 is 5.97 Å². The Balaban J connectivity index is 2.41. The standard InChI is InChI=1S/C14H13ClN2O2/c1-8(2)9-3-5-10(6-4-9)13-16-7-11(15)12(17-13)14(18)19/h3-8H,1-2H3,(H,18,19). The summed E-state index contributed by atoms with van der Waals surface area (Å²) >= 11 is 5.74. The van der Waals surface area contributed by atoms with Gasteiger partial charge in [0.15, 0.2) is 11.5 Å². The zero-order valence-corrected chi connectivity index (χ0v) is 11.3. The summed E-state index contributed by atoms with van der Waals surface area (Å²) < 4.78 is 0. The van der Waals surface area contributed by atoms with Gasteiger partial charge in [0, 0.05) is 5.56 Å². The second-order valence-corrected chi connectivity index (χ2v) is 4.88. The summed E-state index contributed by atoms with van der Waals surface area (Å²) in [6.07, 6.45) is 1.31. The lowest BCUT2D eigenvalue weighted by Gasteiger charge is -2.07. The Bertz CT molecular complexity index is 609. The highest BCUT2D eigenvalue weighted by Crippen LogP contribution is 2.22. The van der Waals surface area contributed by atoms with Gasteiger partial charge >= 0.3 is 5.97 Å². The van der Waals surface area contributed by atoms with Crippen LogP contribution in [0, 0.1) is 0 Å². The van der Waals surface area contributed by atoms with E-state index >= 15 is 0 Å². The van der Waals surface area contributed by atoms with Crippen molar-refractivity contribution in [1.29, 1.82) is 0 Å². The zero-order chi connectivity index (χ0) is 14.0. The number of aromatic nitrogens is 2. The van der Waals surface area contributed by atoms with Crippen LogP contribution in [0.3, 0.4) is 0 Å². The van der Waals surface area contributed by atoms with Crippen LogP contribution in [0.5, 0.6) is 0 Å². The van der Waals surface area contributed by atoms with E-state index in [1.54, 1.807) is 0 Å². The lowest BCUT2D eigenvalue weighted by Crippen LogP contribution is -2.04. The van der Waals surface area contributed by atoms with Crippen molar-refractivity contribution >= 4 is 17.6 Å². The highest BCUT2D eigenvalue weighted by atomic mass is 35.5. The van der Waals surface area contributed by atoms with Crippen LogP contribution in [-0.4, -0.2) is 21.0 Å². The molecule has 0 radical (unpaired) electrons. The first kappa shape index (κ1) is 13.5. The van der Waals surface area contributed by atoms with E-state index in [0.29, 0.717) is 11.7 Å². The number of hydrogen-bond acceptors (Lipinski definition) is 3. The van der Waals surface area contributed by atoms with Crippen molar-refractivity contribution in [3.05, 3.63) is 46.7 Å². The van der Waals surface area contributed by atoms with Crippen LogP contribution in [0.2, 0.25) is 5.02 Å². The first-order chi connectivity index (χ1) is 8.99. The summed E-state index contributed by atoms with van der Waals surface area (Å²) in [4.78, 5) is 19.0. The molecule has 4 nitrogen and oxygen atoms in total. The van der Waals surface area contributed by atoms with E-state index in [9.17, 15) is 4.79 Å². The lowest BCUT2D eigenvalue weighted by molar-refractivity contribution is 0.0690. The van der Waals surface area contributed by atoms with Gasteiger partial charge in [-0.05, 0) is 11.5 Å². The molecule has 0 aliphatic rings. The van der Waals surface area contributed by atoms with Crippen LogP contribution >= 0.6 is 11.6 Å². The minimum atomic E-state index is -1.16. The number of carbonyl (C=O) groups is 1. The van der Waals surface area contributed by atoms with Gasteiger partial charge in [0.1, 0.15) is 0 Å². The van der Waals surface area contributed by atoms with Gasteiger partial charge in [-0.3, -0.25) is 0 Å². The van der Waals surface area contributed by atoms with Gasteiger partial charge in [-0.25, -0.2) is 14.8 Å². The summed E-state index contributed by atoms with van der Waals surface area (Å²) in [6.45, 7) is 4.21. The van der Waals surface area contributed by atoms with Crippen LogP contribution in [0.15, 0.2) is 30.5 Å². The van der Waals surface area contributed by atoms with Crippen molar-refractivity contribution in [2.24, 2.45) is 0 Å². The fourth-order valence-corrected chi connectivity index (χ4v) is 1.85. The van der Waals surface area contributed by atoms with E-state index in [4.69, 9.17) is 16.7 Å². The predicted octanol–water partition coefficient (Wildman–Crippen LogP) is 3.62. The van der Waals surface area contributed by atoms with Crippen molar-refractivity contribution in [2.75, 3.05) is 0 Å². The van der Waals surface area contributed by atoms with Crippen LogP contribution in [0.1, 0.15) is 35.8 Å². The Morgan fingerprint density at radius 2 is 1.89 bits per heavy atom. The average Bonchev–Trinajstić information content (AvgIpc) is 2.39. The summed E-state index contributed by atoms with van der Waals surface area (Å²) in [6, 6.07) is 7.73. The van der Waals surface area contributed by atoms with Gasteiger partial charge in [0.25, 0.3) is 0 Å². The fourth-order valence-electron chi connectivity index (χ4n) is 1.67. The van der Waals surface area contributed by atoms with Gasteiger partial charge in [-0.2, -0.15) is 0 Å². The number of carboxylic acids is 1. The normalized spacial score (nSPS) is 10.7. The summed E-state index contributed by atoms with van der Waals surface area (Å²) in [7, 11) is 0. The number of carboxylic acid groups (broad SMARTS) is 1. The average molecular weight is 277 g/mol. The quantitative estimate of drug-likeness (QED) is 0.930. The molecule has 0 aliphatic heterocycles. The van der Waals surface area contributed by atoms with E-state index in [2.05, 4.69) is 23.8 Å².